The molecule has 10 heteroatoms. The molecule has 1 saturated heterocycles. The quantitative estimate of drug-likeness (QED) is 0.0897. The van der Waals surface area contributed by atoms with Crippen LogP contribution in [0.25, 0.3) is 132 Å². The van der Waals surface area contributed by atoms with Gasteiger partial charge in [0.2, 0.25) is 0 Å². The van der Waals surface area contributed by atoms with Crippen molar-refractivity contribution in [3.05, 3.63) is 405 Å². The minimum Gasteiger partial charge on any atom is -0.399 e. The van der Waals surface area contributed by atoms with Crippen LogP contribution in [0, 0.1) is 0 Å². The van der Waals surface area contributed by atoms with E-state index in [0.717, 1.165) is 99.2 Å². The van der Waals surface area contributed by atoms with Crippen molar-refractivity contribution < 1.29 is 9.31 Å². The first-order chi connectivity index (χ1) is 55.9. The summed E-state index contributed by atoms with van der Waals surface area (Å²) in [5.74, 6) is 0. The average Bonchev–Trinajstić information content (AvgIpc) is 1.53. The summed E-state index contributed by atoms with van der Waals surface area (Å²) in [4.78, 5) is 14.6. The van der Waals surface area contributed by atoms with Gasteiger partial charge in [0.25, 0.3) is 0 Å². The molecule has 1 aliphatic heterocycles. The van der Waals surface area contributed by atoms with Crippen LogP contribution in [0.2, 0.25) is 0 Å². The molecule has 8 nitrogen and oxygen atoms in total. The second kappa shape index (κ2) is 30.0. The number of fused-ring (bicyclic) bond motifs is 16. The highest BCUT2D eigenvalue weighted by molar-refractivity contribution is 9.10. The Morgan fingerprint density at radius 3 is 0.886 bits per heavy atom. The van der Waals surface area contributed by atoms with E-state index in [4.69, 9.17) is 19.3 Å². The van der Waals surface area contributed by atoms with Crippen LogP contribution in [0.5, 0.6) is 0 Å². The lowest BCUT2D eigenvalue weighted by molar-refractivity contribution is 0.00578. The predicted octanol–water partition coefficient (Wildman–Crippen LogP) is 27.6. The second-order valence-corrected chi connectivity index (χ2v) is 31.0. The van der Waals surface area contributed by atoms with Gasteiger partial charge in [0.1, 0.15) is 11.3 Å². The molecule has 21 rings (SSSR count). The summed E-state index contributed by atoms with van der Waals surface area (Å²) in [6.07, 6.45) is 0. The molecule has 16 aromatic carbocycles. The second-order valence-electron chi connectivity index (χ2n) is 30.1. The standard InChI is InChI=1S/C49H33N3.C30H22BrN.C25H23BN2O2/c1-3-11-34(12-4-1)36-19-26-40(27-20-36)51(41-28-21-37(22-29-41)35-13-5-2-6-14-35)42-30-23-38(24-31-42)39-25-32-47-45(33-39)43-15-7-8-16-44(43)49-50-46-17-9-10-18-48(46)52(47)49;31-27-15-21-30(22-16-27)32(28-17-11-25(12-18-28)23-7-3-1-4-8-23)29-19-13-26(14-20-29)24-9-5-2-6-10-24;1-24(2)25(3,4)30-26(29-24)16-13-14-21-19(15-16)17-9-5-6-10-18(17)23-27-20-11-7-8-12-22(20)28(21)23/h1-33H;1-22H;5-15H,1-4H3. The van der Waals surface area contributed by atoms with Crippen LogP contribution in [0.1, 0.15) is 27.7 Å². The molecule has 4 aromatic heterocycles. The molecule has 0 bridgehead atoms. The number of imidazole rings is 2. The first-order valence-electron chi connectivity index (χ1n) is 38.8. The van der Waals surface area contributed by atoms with E-state index >= 15 is 0 Å². The fourth-order valence-corrected chi connectivity index (χ4v) is 16.2. The number of hydrogen-bond acceptors (Lipinski definition) is 6. The third kappa shape index (κ3) is 13.5. The maximum absolute atomic E-state index is 6.31. The fourth-order valence-electron chi connectivity index (χ4n) is 16.0. The number of aromatic nitrogens is 4. The molecule has 0 amide bonds. The van der Waals surface area contributed by atoms with Gasteiger partial charge in [0, 0.05) is 60.1 Å². The first-order valence-corrected chi connectivity index (χ1v) is 39.6. The summed E-state index contributed by atoms with van der Waals surface area (Å²) in [6.45, 7) is 8.35. The van der Waals surface area contributed by atoms with E-state index < -0.39 is 0 Å². The number of halogens is 1. The smallest absolute Gasteiger partial charge is 0.399 e. The molecule has 0 N–H and O–H groups in total. The molecule has 546 valence electrons. The van der Waals surface area contributed by atoms with Crippen LogP contribution >= 0.6 is 15.9 Å². The highest BCUT2D eigenvalue weighted by Crippen LogP contribution is 2.43. The summed E-state index contributed by atoms with van der Waals surface area (Å²) < 4.78 is 18.3. The number of hydrogen-bond donors (Lipinski definition) is 0. The van der Waals surface area contributed by atoms with E-state index in [-0.39, 0.29) is 18.3 Å². The molecule has 5 heterocycles. The summed E-state index contributed by atoms with van der Waals surface area (Å²) in [7, 11) is -0.381. The third-order valence-electron chi connectivity index (χ3n) is 22.5. The molecule has 1 aliphatic rings. The SMILES string of the molecule is Brc1ccc(N(c2ccc(-c3ccccc3)cc2)c2ccc(-c3ccccc3)cc2)cc1.CC1(C)OB(c2ccc3c(c2)c2ccccc2c2nc4ccccc4n32)OC1(C)C.c1ccc(-c2ccc(N(c3ccc(-c4ccccc4)cc3)c3ccc(-c4ccc5c(c4)c4ccccc4c4nc6ccccc6n54)cc3)cc2)cc1. The van der Waals surface area contributed by atoms with Crippen molar-refractivity contribution in [3.63, 3.8) is 0 Å². The van der Waals surface area contributed by atoms with Gasteiger partial charge in [-0.2, -0.15) is 0 Å². The monoisotopic (exact) mass is 1530 g/mol. The highest BCUT2D eigenvalue weighted by atomic mass is 79.9. The average molecular weight is 1530 g/mol. The molecular formula is C104H78BBrN6O2. The molecular weight excluding hydrogens is 1460 g/mol. The maximum Gasteiger partial charge on any atom is 0.494 e. The topological polar surface area (TPSA) is 59.5 Å². The van der Waals surface area contributed by atoms with Gasteiger partial charge in [0.05, 0.1) is 44.3 Å². The van der Waals surface area contributed by atoms with Crippen molar-refractivity contribution in [2.75, 3.05) is 9.80 Å². The van der Waals surface area contributed by atoms with Gasteiger partial charge < -0.3 is 19.1 Å². The van der Waals surface area contributed by atoms with Crippen molar-refractivity contribution in [2.24, 2.45) is 0 Å². The molecule has 0 aliphatic carbocycles. The number of para-hydroxylation sites is 4. The minimum atomic E-state index is -0.381. The van der Waals surface area contributed by atoms with Crippen LogP contribution in [-0.2, 0) is 9.31 Å². The Hall–Kier alpha value is -13.5. The lowest BCUT2D eigenvalue weighted by Crippen LogP contribution is -2.41. The van der Waals surface area contributed by atoms with Crippen LogP contribution in [-0.4, -0.2) is 37.1 Å². The van der Waals surface area contributed by atoms with Gasteiger partial charge in [-0.05, 0) is 227 Å². The number of rotatable bonds is 12. The summed E-state index contributed by atoms with van der Waals surface area (Å²) in [5, 5.41) is 7.09. The van der Waals surface area contributed by atoms with Gasteiger partial charge >= 0.3 is 7.12 Å². The lowest BCUT2D eigenvalue weighted by Gasteiger charge is -2.32. The van der Waals surface area contributed by atoms with Crippen LogP contribution in [0.15, 0.2) is 405 Å². The molecule has 114 heavy (non-hydrogen) atoms. The zero-order chi connectivity index (χ0) is 76.9. The molecule has 0 radical (unpaired) electrons. The van der Waals surface area contributed by atoms with E-state index in [9.17, 15) is 0 Å². The summed E-state index contributed by atoms with van der Waals surface area (Å²) in [5.41, 5.74) is 27.6. The van der Waals surface area contributed by atoms with Gasteiger partial charge in [-0.15, -0.1) is 0 Å². The van der Waals surface area contributed by atoms with Crippen LogP contribution < -0.4 is 15.3 Å². The first kappa shape index (κ1) is 70.9. The van der Waals surface area contributed by atoms with E-state index in [0.29, 0.717) is 0 Å². The van der Waals surface area contributed by atoms with E-state index in [1.165, 1.54) is 77.2 Å². The maximum atomic E-state index is 6.31. The van der Waals surface area contributed by atoms with Crippen LogP contribution in [0.4, 0.5) is 34.1 Å². The van der Waals surface area contributed by atoms with Crippen molar-refractivity contribution in [1.29, 1.82) is 0 Å². The van der Waals surface area contributed by atoms with Gasteiger partial charge in [-0.25, -0.2) is 9.97 Å². The Balaban J connectivity index is 0.000000121. The zero-order valence-electron chi connectivity index (χ0n) is 63.6. The highest BCUT2D eigenvalue weighted by Gasteiger charge is 2.52. The number of anilines is 6. The fraction of sp³-hybridized carbons (Fsp3) is 0.0577. The largest absolute Gasteiger partial charge is 0.494 e. The number of benzene rings is 16. The molecule has 0 saturated carbocycles. The Kier molecular flexibility index (Phi) is 18.6. The Morgan fingerprint density at radius 1 is 0.254 bits per heavy atom. The van der Waals surface area contributed by atoms with Crippen molar-refractivity contribution in [1.82, 2.24) is 18.8 Å². The zero-order valence-corrected chi connectivity index (χ0v) is 65.1. The Labute approximate surface area is 672 Å². The third-order valence-corrected chi connectivity index (χ3v) is 23.1. The molecule has 0 unspecified atom stereocenters. The molecule has 0 atom stereocenters. The minimum absolute atomic E-state index is 0.362. The molecule has 20 aromatic rings. The lowest BCUT2D eigenvalue weighted by atomic mass is 9.78. The van der Waals surface area contributed by atoms with E-state index in [1.54, 1.807) is 0 Å². The van der Waals surface area contributed by atoms with Gasteiger partial charge in [0.15, 0.2) is 0 Å². The number of nitrogens with zero attached hydrogens (tertiary/aromatic N) is 6. The van der Waals surface area contributed by atoms with Crippen molar-refractivity contribution in [3.8, 4) is 55.6 Å². The van der Waals surface area contributed by atoms with E-state index in [2.05, 4.69) is 444 Å². The predicted molar refractivity (Wildman–Crippen MR) is 482 cm³/mol. The Bertz CT molecular complexity index is 6700. The number of pyridine rings is 2. The normalized spacial score (nSPS) is 13.0. The summed E-state index contributed by atoms with van der Waals surface area (Å²) >= 11 is 3.56. The van der Waals surface area contributed by atoms with Crippen molar-refractivity contribution in [2.45, 2.75) is 38.9 Å². The molecule has 0 spiro atoms. The summed E-state index contributed by atoms with van der Waals surface area (Å²) in [6, 6.07) is 142. The molecule has 1 fully saturated rings. The van der Waals surface area contributed by atoms with Gasteiger partial charge in [-0.1, -0.05) is 289 Å². The van der Waals surface area contributed by atoms with Crippen LogP contribution in [0.3, 0.4) is 0 Å². The van der Waals surface area contributed by atoms with Gasteiger partial charge in [-0.3, -0.25) is 8.80 Å². The van der Waals surface area contributed by atoms with Crippen molar-refractivity contribution >= 4 is 139 Å². The Morgan fingerprint density at radius 2 is 0.526 bits per heavy atom. The van der Waals surface area contributed by atoms with E-state index in [1.807, 2.05) is 18.2 Å².